The lowest BCUT2D eigenvalue weighted by Crippen LogP contribution is -2.52. The molecule has 1 saturated heterocycles. The Balaban J connectivity index is 1.27. The summed E-state index contributed by atoms with van der Waals surface area (Å²) in [5.74, 6) is -0.785. The van der Waals surface area contributed by atoms with Gasteiger partial charge in [0.1, 0.15) is 6.04 Å². The van der Waals surface area contributed by atoms with Gasteiger partial charge in [-0.1, -0.05) is 18.2 Å². The summed E-state index contributed by atoms with van der Waals surface area (Å²) in [5.41, 5.74) is 6.41. The van der Waals surface area contributed by atoms with E-state index in [1.54, 1.807) is 4.90 Å². The highest BCUT2D eigenvalue weighted by molar-refractivity contribution is 6.05. The van der Waals surface area contributed by atoms with Gasteiger partial charge in [-0.15, -0.1) is 0 Å². The molecule has 0 aromatic heterocycles. The second-order valence-electron chi connectivity index (χ2n) is 8.51. The molecule has 3 aliphatic heterocycles. The van der Waals surface area contributed by atoms with Crippen molar-refractivity contribution in [1.29, 1.82) is 0 Å². The van der Waals surface area contributed by atoms with Crippen LogP contribution < -0.4 is 16.0 Å². The molecule has 0 spiro atoms. The standard InChI is InChI=1S/C24H26N4O3/c29-22-8-7-21(23(30)27-22)28-14-17-4-3-15(10-20(17)24(28)31)12-26-19-6-5-16-2-1-9-25-13-18(16)11-19/h3-6,10-11,21,25-26H,1-2,7-9,12-14H2,(H,27,29,30). The van der Waals surface area contributed by atoms with E-state index in [1.165, 1.54) is 17.5 Å². The van der Waals surface area contributed by atoms with Crippen LogP contribution in [0.4, 0.5) is 5.69 Å². The molecule has 0 aliphatic carbocycles. The molecule has 31 heavy (non-hydrogen) atoms. The van der Waals surface area contributed by atoms with Crippen LogP contribution in [0, 0.1) is 0 Å². The highest BCUT2D eigenvalue weighted by Gasteiger charge is 2.39. The molecule has 7 heteroatoms. The molecule has 7 nitrogen and oxygen atoms in total. The number of anilines is 1. The zero-order valence-corrected chi connectivity index (χ0v) is 17.4. The number of benzene rings is 2. The number of amides is 3. The Morgan fingerprint density at radius 1 is 1.00 bits per heavy atom. The van der Waals surface area contributed by atoms with E-state index >= 15 is 0 Å². The lowest BCUT2D eigenvalue weighted by molar-refractivity contribution is -0.136. The maximum atomic E-state index is 13.0. The third-order valence-electron chi connectivity index (χ3n) is 6.41. The molecular weight excluding hydrogens is 392 g/mol. The first-order valence-electron chi connectivity index (χ1n) is 10.9. The zero-order valence-electron chi connectivity index (χ0n) is 17.4. The Hall–Kier alpha value is -3.19. The van der Waals surface area contributed by atoms with Crippen molar-refractivity contribution in [2.45, 2.75) is 51.4 Å². The van der Waals surface area contributed by atoms with Crippen molar-refractivity contribution in [3.8, 4) is 0 Å². The third kappa shape index (κ3) is 3.93. The molecule has 1 atom stereocenters. The molecule has 5 rings (SSSR count). The molecular formula is C24H26N4O3. The second kappa shape index (κ2) is 8.15. The van der Waals surface area contributed by atoms with Crippen molar-refractivity contribution in [1.82, 2.24) is 15.5 Å². The van der Waals surface area contributed by atoms with Crippen LogP contribution in [0.1, 0.15) is 51.9 Å². The van der Waals surface area contributed by atoms with Crippen LogP contribution >= 0.6 is 0 Å². The zero-order chi connectivity index (χ0) is 21.4. The van der Waals surface area contributed by atoms with Crippen LogP contribution in [0.25, 0.3) is 0 Å². The van der Waals surface area contributed by atoms with Gasteiger partial charge < -0.3 is 15.5 Å². The molecule has 0 saturated carbocycles. The fourth-order valence-electron chi connectivity index (χ4n) is 4.69. The van der Waals surface area contributed by atoms with Gasteiger partial charge in [-0.2, -0.15) is 0 Å². The Morgan fingerprint density at radius 2 is 1.87 bits per heavy atom. The summed E-state index contributed by atoms with van der Waals surface area (Å²) >= 11 is 0. The Labute approximate surface area is 181 Å². The quantitative estimate of drug-likeness (QED) is 0.662. The maximum Gasteiger partial charge on any atom is 0.255 e. The highest BCUT2D eigenvalue weighted by atomic mass is 16.2. The minimum atomic E-state index is -0.577. The Bertz CT molecular complexity index is 1060. The van der Waals surface area contributed by atoms with Gasteiger partial charge in [0.15, 0.2) is 0 Å². The number of piperidine rings is 1. The van der Waals surface area contributed by atoms with Gasteiger partial charge in [0.25, 0.3) is 5.91 Å². The predicted octanol–water partition coefficient (Wildman–Crippen LogP) is 2.10. The fourth-order valence-corrected chi connectivity index (χ4v) is 4.69. The molecule has 3 amide bonds. The number of hydrogen-bond donors (Lipinski definition) is 3. The van der Waals surface area contributed by atoms with Gasteiger partial charge in [-0.3, -0.25) is 19.7 Å². The third-order valence-corrected chi connectivity index (χ3v) is 6.41. The average Bonchev–Trinajstić information content (AvgIpc) is 2.93. The average molecular weight is 418 g/mol. The van der Waals surface area contributed by atoms with Crippen molar-refractivity contribution in [3.63, 3.8) is 0 Å². The van der Waals surface area contributed by atoms with Crippen LogP contribution in [0.5, 0.6) is 0 Å². The van der Waals surface area contributed by atoms with E-state index in [0.29, 0.717) is 25.1 Å². The van der Waals surface area contributed by atoms with Gasteiger partial charge in [0.2, 0.25) is 11.8 Å². The molecule has 0 radical (unpaired) electrons. The number of carbonyl (C=O) groups excluding carboxylic acids is 3. The van der Waals surface area contributed by atoms with E-state index in [0.717, 1.165) is 36.3 Å². The first-order chi connectivity index (χ1) is 15.1. The van der Waals surface area contributed by atoms with Gasteiger partial charge in [-0.25, -0.2) is 0 Å². The summed E-state index contributed by atoms with van der Waals surface area (Å²) in [6.45, 7) is 2.97. The summed E-state index contributed by atoms with van der Waals surface area (Å²) in [6, 6.07) is 11.9. The Morgan fingerprint density at radius 3 is 2.74 bits per heavy atom. The van der Waals surface area contributed by atoms with Gasteiger partial charge in [0, 0.05) is 37.3 Å². The number of aryl methyl sites for hydroxylation is 1. The lowest BCUT2D eigenvalue weighted by Gasteiger charge is -2.29. The number of rotatable bonds is 4. The minimum Gasteiger partial charge on any atom is -0.381 e. The van der Waals surface area contributed by atoms with E-state index in [4.69, 9.17) is 0 Å². The number of nitrogens with zero attached hydrogens (tertiary/aromatic N) is 1. The normalized spacial score (nSPS) is 20.7. The summed E-state index contributed by atoms with van der Waals surface area (Å²) in [5, 5.41) is 9.27. The van der Waals surface area contributed by atoms with Crippen molar-refractivity contribution < 1.29 is 14.4 Å². The number of carbonyl (C=O) groups is 3. The summed E-state index contributed by atoms with van der Waals surface area (Å²) in [7, 11) is 0. The molecule has 0 bridgehead atoms. The van der Waals surface area contributed by atoms with E-state index in [1.807, 2.05) is 18.2 Å². The van der Waals surface area contributed by atoms with E-state index in [-0.39, 0.29) is 24.1 Å². The Kier molecular flexibility index (Phi) is 5.19. The number of hydrogen-bond acceptors (Lipinski definition) is 5. The van der Waals surface area contributed by atoms with Crippen LogP contribution in [0.15, 0.2) is 36.4 Å². The summed E-state index contributed by atoms with van der Waals surface area (Å²) in [4.78, 5) is 38.2. The molecule has 160 valence electrons. The summed E-state index contributed by atoms with van der Waals surface area (Å²) in [6.07, 6.45) is 2.92. The van der Waals surface area contributed by atoms with Crippen molar-refractivity contribution >= 4 is 23.4 Å². The topological polar surface area (TPSA) is 90.5 Å². The monoisotopic (exact) mass is 418 g/mol. The fraction of sp³-hybridized carbons (Fsp3) is 0.375. The first kappa shape index (κ1) is 19.8. The van der Waals surface area contributed by atoms with Crippen LogP contribution in [0.3, 0.4) is 0 Å². The molecule has 1 unspecified atom stereocenters. The molecule has 3 N–H and O–H groups in total. The van der Waals surface area contributed by atoms with E-state index in [9.17, 15) is 14.4 Å². The summed E-state index contributed by atoms with van der Waals surface area (Å²) < 4.78 is 0. The lowest BCUT2D eigenvalue weighted by atomic mass is 10.0. The molecule has 3 aliphatic rings. The van der Waals surface area contributed by atoms with Crippen molar-refractivity contribution in [3.05, 3.63) is 64.2 Å². The number of imide groups is 1. The SMILES string of the molecule is O=C1CCC(N2Cc3ccc(CNc4ccc5c(c4)CNCCC5)cc3C2=O)C(=O)N1. The largest absolute Gasteiger partial charge is 0.381 e. The first-order valence-corrected chi connectivity index (χ1v) is 10.9. The predicted molar refractivity (Wildman–Crippen MR) is 116 cm³/mol. The van der Waals surface area contributed by atoms with E-state index < -0.39 is 6.04 Å². The molecule has 1 fully saturated rings. The number of nitrogens with one attached hydrogen (secondary N) is 3. The number of fused-ring (bicyclic) bond motifs is 2. The van der Waals surface area contributed by atoms with Crippen molar-refractivity contribution in [2.75, 3.05) is 11.9 Å². The van der Waals surface area contributed by atoms with Crippen LogP contribution in [-0.4, -0.2) is 35.2 Å². The molecule has 2 aromatic carbocycles. The van der Waals surface area contributed by atoms with Crippen LogP contribution in [0.2, 0.25) is 0 Å². The second-order valence-corrected chi connectivity index (χ2v) is 8.51. The smallest absolute Gasteiger partial charge is 0.255 e. The van der Waals surface area contributed by atoms with Crippen LogP contribution in [-0.2, 0) is 35.6 Å². The highest BCUT2D eigenvalue weighted by Crippen LogP contribution is 2.28. The molecule has 2 aromatic rings. The maximum absolute atomic E-state index is 13.0. The molecule has 3 heterocycles. The van der Waals surface area contributed by atoms with E-state index in [2.05, 4.69) is 34.1 Å². The van der Waals surface area contributed by atoms with Gasteiger partial charge in [-0.05, 0) is 66.3 Å². The van der Waals surface area contributed by atoms with Crippen molar-refractivity contribution in [2.24, 2.45) is 0 Å². The van der Waals surface area contributed by atoms with Gasteiger partial charge >= 0.3 is 0 Å². The minimum absolute atomic E-state index is 0.137. The van der Waals surface area contributed by atoms with Gasteiger partial charge in [0.05, 0.1) is 0 Å².